The second-order valence-corrected chi connectivity index (χ2v) is 8.90. The molecule has 1 unspecified atom stereocenters. The average molecular weight is 416 g/mol. The van der Waals surface area contributed by atoms with Crippen LogP contribution in [0, 0.1) is 0 Å². The first kappa shape index (κ1) is 21.0. The first-order chi connectivity index (χ1) is 14.6. The molecule has 2 atom stereocenters. The summed E-state index contributed by atoms with van der Waals surface area (Å²) in [7, 11) is 0. The highest BCUT2D eigenvalue weighted by atomic mass is 16.5. The summed E-state index contributed by atoms with van der Waals surface area (Å²) >= 11 is 0. The van der Waals surface area contributed by atoms with Crippen LogP contribution in [0.15, 0.2) is 24.3 Å². The molecule has 0 spiro atoms. The minimum absolute atomic E-state index is 0.112. The van der Waals surface area contributed by atoms with E-state index in [1.165, 1.54) is 19.4 Å². The summed E-state index contributed by atoms with van der Waals surface area (Å²) in [4.78, 5) is 30.3. The van der Waals surface area contributed by atoms with E-state index in [0.717, 1.165) is 38.9 Å². The molecule has 164 valence electrons. The van der Waals surface area contributed by atoms with Crippen LogP contribution in [0.3, 0.4) is 0 Å². The number of carbonyl (C=O) groups excluding carboxylic acids is 2. The number of piperazine rings is 1. The average Bonchev–Trinajstić information content (AvgIpc) is 3.23. The van der Waals surface area contributed by atoms with Gasteiger partial charge in [0.25, 0.3) is 0 Å². The van der Waals surface area contributed by atoms with Crippen LogP contribution in [-0.2, 0) is 4.79 Å². The molecule has 2 heterocycles. The van der Waals surface area contributed by atoms with Gasteiger partial charge in [-0.05, 0) is 31.9 Å². The lowest BCUT2D eigenvalue weighted by molar-refractivity contribution is -0.916. The molecule has 7 nitrogen and oxygen atoms in total. The van der Waals surface area contributed by atoms with Gasteiger partial charge in [-0.25, -0.2) is 4.79 Å². The molecule has 2 aliphatic heterocycles. The summed E-state index contributed by atoms with van der Waals surface area (Å²) in [5.41, 5.74) is -0.169. The van der Waals surface area contributed by atoms with Crippen LogP contribution >= 0.6 is 0 Å². The second kappa shape index (κ2) is 9.25. The van der Waals surface area contributed by atoms with Crippen molar-refractivity contribution < 1.29 is 19.2 Å². The van der Waals surface area contributed by atoms with Crippen molar-refractivity contribution in [2.75, 3.05) is 38.1 Å². The molecule has 1 saturated carbocycles. The molecule has 0 bridgehead atoms. The van der Waals surface area contributed by atoms with Crippen molar-refractivity contribution in [1.82, 2.24) is 10.2 Å². The highest BCUT2D eigenvalue weighted by Gasteiger charge is 2.46. The van der Waals surface area contributed by atoms with Gasteiger partial charge in [-0.1, -0.05) is 31.4 Å². The van der Waals surface area contributed by atoms with Crippen LogP contribution in [0.2, 0.25) is 0 Å². The number of carbonyl (C=O) groups is 2. The van der Waals surface area contributed by atoms with Crippen molar-refractivity contribution in [1.29, 1.82) is 0 Å². The number of amides is 3. The highest BCUT2D eigenvalue weighted by Crippen LogP contribution is 2.31. The molecule has 0 aromatic heterocycles. The number of hydrogen-bond acceptors (Lipinski definition) is 3. The summed E-state index contributed by atoms with van der Waals surface area (Å²) in [6.07, 6.45) is 6.94. The van der Waals surface area contributed by atoms with Gasteiger partial charge in [0.05, 0.1) is 38.5 Å². The SMILES string of the molecule is CCOc1ccccc1NC(=O)NC1(C(=O)N2CC[NH+]3CCC[C@@H]3C2)CCCCC1. The molecule has 1 aliphatic carbocycles. The fourth-order valence-corrected chi connectivity index (χ4v) is 5.43. The second-order valence-electron chi connectivity index (χ2n) is 8.90. The lowest BCUT2D eigenvalue weighted by Gasteiger charge is -2.43. The summed E-state index contributed by atoms with van der Waals surface area (Å²) in [6, 6.07) is 7.64. The molecular weight excluding hydrogens is 380 g/mol. The van der Waals surface area contributed by atoms with Gasteiger partial charge in [0.15, 0.2) is 0 Å². The number of nitrogens with one attached hydrogen (secondary N) is 3. The number of ether oxygens (including phenoxy) is 1. The molecule has 0 radical (unpaired) electrons. The Kier molecular flexibility index (Phi) is 6.46. The Labute approximate surface area is 179 Å². The van der Waals surface area contributed by atoms with Crippen molar-refractivity contribution in [3.05, 3.63) is 24.3 Å². The molecule has 4 rings (SSSR count). The fraction of sp³-hybridized carbons (Fsp3) is 0.652. The molecule has 1 aromatic rings. The minimum atomic E-state index is -0.793. The van der Waals surface area contributed by atoms with Crippen molar-refractivity contribution in [3.8, 4) is 5.75 Å². The van der Waals surface area contributed by atoms with Gasteiger partial charge in [-0.3, -0.25) is 4.79 Å². The standard InChI is InChI=1S/C23H34N4O3/c1-2-30-20-11-5-4-10-19(20)24-22(29)25-23(12-6-3-7-13-23)21(28)27-16-15-26-14-8-9-18(26)17-27/h4-5,10-11,18H,2-3,6-9,12-17H2,1H3,(H2,24,25,29)/p+1/t18-/m1/s1. The van der Waals surface area contributed by atoms with Crippen molar-refractivity contribution in [2.45, 2.75) is 63.5 Å². The van der Waals surface area contributed by atoms with E-state index in [0.29, 0.717) is 36.9 Å². The van der Waals surface area contributed by atoms with Crippen LogP contribution in [0.5, 0.6) is 5.75 Å². The van der Waals surface area contributed by atoms with Crippen LogP contribution in [0.25, 0.3) is 0 Å². The molecule has 3 aliphatic rings. The number of benzene rings is 1. The lowest BCUT2D eigenvalue weighted by atomic mass is 9.80. The zero-order chi connectivity index (χ0) is 21.0. The number of quaternary nitrogens is 1. The zero-order valence-corrected chi connectivity index (χ0v) is 18.0. The van der Waals surface area contributed by atoms with Gasteiger partial charge in [-0.15, -0.1) is 0 Å². The van der Waals surface area contributed by atoms with E-state index in [2.05, 4.69) is 10.6 Å². The summed E-state index contributed by atoms with van der Waals surface area (Å²) < 4.78 is 5.62. The Balaban J connectivity index is 1.46. The summed E-state index contributed by atoms with van der Waals surface area (Å²) in [5.74, 6) is 0.751. The van der Waals surface area contributed by atoms with E-state index in [1.807, 2.05) is 36.1 Å². The van der Waals surface area contributed by atoms with E-state index in [4.69, 9.17) is 4.74 Å². The van der Waals surface area contributed by atoms with E-state index >= 15 is 0 Å². The maximum atomic E-state index is 13.7. The predicted molar refractivity (Wildman–Crippen MR) is 116 cm³/mol. The summed E-state index contributed by atoms with van der Waals surface area (Å²) in [5, 5.41) is 6.02. The topological polar surface area (TPSA) is 75.1 Å². The van der Waals surface area contributed by atoms with Crippen molar-refractivity contribution in [2.24, 2.45) is 0 Å². The molecule has 1 aromatic carbocycles. The molecular formula is C23H35N4O3+. The number of rotatable bonds is 5. The quantitative estimate of drug-likeness (QED) is 0.687. The third kappa shape index (κ3) is 4.41. The van der Waals surface area contributed by atoms with Crippen LogP contribution in [0.4, 0.5) is 10.5 Å². The lowest BCUT2D eigenvalue weighted by Crippen LogP contribution is -3.16. The Hall–Kier alpha value is -2.28. The third-order valence-electron chi connectivity index (χ3n) is 6.96. The molecule has 7 heteroatoms. The zero-order valence-electron chi connectivity index (χ0n) is 18.0. The van der Waals surface area contributed by atoms with Gasteiger partial charge in [0.1, 0.15) is 17.3 Å². The van der Waals surface area contributed by atoms with Crippen molar-refractivity contribution in [3.63, 3.8) is 0 Å². The predicted octanol–water partition coefficient (Wildman–Crippen LogP) is 1.80. The Morgan fingerprint density at radius 3 is 2.77 bits per heavy atom. The van der Waals surface area contributed by atoms with E-state index in [9.17, 15) is 9.59 Å². The normalized spacial score (nSPS) is 25.3. The minimum Gasteiger partial charge on any atom is -0.492 e. The molecule has 3 N–H and O–H groups in total. The van der Waals surface area contributed by atoms with Gasteiger partial charge in [0.2, 0.25) is 5.91 Å². The Morgan fingerprint density at radius 2 is 1.97 bits per heavy atom. The fourth-order valence-electron chi connectivity index (χ4n) is 5.43. The van der Waals surface area contributed by atoms with Gasteiger partial charge in [0, 0.05) is 12.8 Å². The first-order valence-electron chi connectivity index (χ1n) is 11.6. The van der Waals surface area contributed by atoms with E-state index in [-0.39, 0.29) is 11.9 Å². The molecule has 30 heavy (non-hydrogen) atoms. The van der Waals surface area contributed by atoms with Crippen LogP contribution in [-0.4, -0.2) is 61.2 Å². The maximum Gasteiger partial charge on any atom is 0.320 e. The highest BCUT2D eigenvalue weighted by molar-refractivity contribution is 5.97. The Morgan fingerprint density at radius 1 is 1.17 bits per heavy atom. The maximum absolute atomic E-state index is 13.7. The number of anilines is 1. The Bertz CT molecular complexity index is 763. The first-order valence-corrected chi connectivity index (χ1v) is 11.6. The van der Waals surface area contributed by atoms with Crippen molar-refractivity contribution >= 4 is 17.6 Å². The van der Waals surface area contributed by atoms with Gasteiger partial charge in [-0.2, -0.15) is 0 Å². The monoisotopic (exact) mass is 415 g/mol. The van der Waals surface area contributed by atoms with Gasteiger partial charge >= 0.3 is 6.03 Å². The summed E-state index contributed by atoms with van der Waals surface area (Å²) in [6.45, 7) is 6.32. The van der Waals surface area contributed by atoms with Crippen LogP contribution < -0.4 is 20.3 Å². The largest absolute Gasteiger partial charge is 0.492 e. The number of urea groups is 1. The molecule has 3 fully saturated rings. The van der Waals surface area contributed by atoms with Crippen LogP contribution in [0.1, 0.15) is 51.9 Å². The smallest absolute Gasteiger partial charge is 0.320 e. The van der Waals surface area contributed by atoms with E-state index < -0.39 is 5.54 Å². The number of hydrogen-bond donors (Lipinski definition) is 3. The number of fused-ring (bicyclic) bond motifs is 1. The molecule has 3 amide bonds. The number of nitrogens with zero attached hydrogens (tertiary/aromatic N) is 1. The van der Waals surface area contributed by atoms with E-state index in [1.54, 1.807) is 4.90 Å². The third-order valence-corrected chi connectivity index (χ3v) is 6.96. The number of para-hydroxylation sites is 2. The van der Waals surface area contributed by atoms with Gasteiger partial charge < -0.3 is 25.2 Å². The molecule has 2 saturated heterocycles.